The molecule has 9 nitrogen and oxygen atoms in total. The van der Waals surface area contributed by atoms with E-state index in [9.17, 15) is 18.0 Å². The van der Waals surface area contributed by atoms with E-state index in [0.29, 0.717) is 5.02 Å². The number of aromatic nitrogens is 2. The summed E-state index contributed by atoms with van der Waals surface area (Å²) in [6.45, 7) is 2.34. The summed E-state index contributed by atoms with van der Waals surface area (Å²) >= 11 is 5.94. The van der Waals surface area contributed by atoms with Gasteiger partial charge in [-0.3, -0.25) is 9.36 Å². The van der Waals surface area contributed by atoms with Gasteiger partial charge in [0.2, 0.25) is 0 Å². The van der Waals surface area contributed by atoms with E-state index in [0.717, 1.165) is 6.07 Å². The third kappa shape index (κ3) is 6.28. The van der Waals surface area contributed by atoms with Gasteiger partial charge in [0.25, 0.3) is 13.4 Å². The van der Waals surface area contributed by atoms with Gasteiger partial charge in [-0.1, -0.05) is 23.7 Å². The summed E-state index contributed by atoms with van der Waals surface area (Å²) in [6, 6.07) is 12.8. The van der Waals surface area contributed by atoms with Crippen LogP contribution in [0, 0.1) is 18.3 Å². The van der Waals surface area contributed by atoms with Gasteiger partial charge in [0.05, 0.1) is 49.2 Å². The number of carbonyl (C=O) groups excluding carboxylic acids is 1. The number of para-hydroxylation sites is 1. The van der Waals surface area contributed by atoms with Gasteiger partial charge in [0.1, 0.15) is 11.1 Å². The fourth-order valence-electron chi connectivity index (χ4n) is 4.25. The number of aryl methyl sites for hydroxylation is 2. The van der Waals surface area contributed by atoms with Crippen molar-refractivity contribution in [2.45, 2.75) is 26.1 Å². The molecule has 1 aliphatic rings. The second kappa shape index (κ2) is 11.8. The monoisotopic (exact) mass is 580 g/mol. The highest BCUT2D eigenvalue weighted by Crippen LogP contribution is 2.53. The zero-order valence-corrected chi connectivity index (χ0v) is 22.5. The number of carbonyl (C=O) groups is 1. The molecule has 0 aliphatic carbocycles. The topological polar surface area (TPSA) is 112 Å². The van der Waals surface area contributed by atoms with Crippen LogP contribution in [0.1, 0.15) is 28.0 Å². The molecule has 0 spiro atoms. The van der Waals surface area contributed by atoms with Crippen molar-refractivity contribution in [1.82, 2.24) is 14.5 Å². The second-order valence-electron chi connectivity index (χ2n) is 8.67. The van der Waals surface area contributed by atoms with Crippen molar-refractivity contribution in [2.24, 2.45) is 0 Å². The maximum Gasteiger partial charge on any atom is 0.418 e. The number of nitriles is 1. The summed E-state index contributed by atoms with van der Waals surface area (Å²) in [5.41, 5.74) is -0.891. The minimum Gasteiger partial charge on any atom is -0.379 e. The number of halogens is 4. The lowest BCUT2D eigenvalue weighted by molar-refractivity contribution is -0.136. The summed E-state index contributed by atoms with van der Waals surface area (Å²) in [7, 11) is -4.11. The average molecular weight is 581 g/mol. The second-order valence-corrected chi connectivity index (χ2v) is 11.5. The zero-order chi connectivity index (χ0) is 28.2. The summed E-state index contributed by atoms with van der Waals surface area (Å²) in [5.74, 6) is -0.551. The number of benzene rings is 2. The van der Waals surface area contributed by atoms with Crippen LogP contribution in [0.25, 0.3) is 0 Å². The molecule has 0 radical (unpaired) electrons. The maximum atomic E-state index is 15.0. The van der Waals surface area contributed by atoms with E-state index in [2.05, 4.69) is 15.5 Å². The van der Waals surface area contributed by atoms with Crippen LogP contribution < -0.4 is 15.7 Å². The Morgan fingerprint density at radius 1 is 1.18 bits per heavy atom. The number of nitrogens with one attached hydrogen (secondary N) is 2. The molecule has 0 saturated carbocycles. The lowest BCUT2D eigenvalue weighted by Crippen LogP contribution is -2.40. The summed E-state index contributed by atoms with van der Waals surface area (Å²) in [4.78, 5) is 13.2. The van der Waals surface area contributed by atoms with Crippen molar-refractivity contribution in [3.8, 4) is 6.07 Å². The molecule has 2 aromatic carbocycles. The lowest BCUT2D eigenvalue weighted by Gasteiger charge is -2.36. The highest BCUT2D eigenvalue weighted by molar-refractivity contribution is 7.71. The number of anilines is 2. The molecule has 2 heterocycles. The van der Waals surface area contributed by atoms with E-state index < -0.39 is 25.1 Å². The smallest absolute Gasteiger partial charge is 0.379 e. The van der Waals surface area contributed by atoms with Crippen LogP contribution >= 0.6 is 19.0 Å². The molecule has 0 bridgehead atoms. The highest BCUT2D eigenvalue weighted by atomic mass is 35.5. The number of morpholine rings is 1. The lowest BCUT2D eigenvalue weighted by atomic mass is 10.2. The molecule has 39 heavy (non-hydrogen) atoms. The van der Waals surface area contributed by atoms with Gasteiger partial charge in [0.15, 0.2) is 0 Å². The van der Waals surface area contributed by atoms with Gasteiger partial charge in [-0.25, -0.2) is 9.35 Å². The fourth-order valence-corrected chi connectivity index (χ4v) is 7.10. The molecule has 206 valence electrons. The van der Waals surface area contributed by atoms with Crippen LogP contribution in [-0.2, 0) is 22.0 Å². The van der Waals surface area contributed by atoms with Gasteiger partial charge in [-0.2, -0.15) is 23.5 Å². The van der Waals surface area contributed by atoms with E-state index >= 15 is 4.57 Å². The summed E-state index contributed by atoms with van der Waals surface area (Å²) in [5, 5.41) is 19.5. The van der Waals surface area contributed by atoms with Crippen LogP contribution in [0.3, 0.4) is 0 Å². The van der Waals surface area contributed by atoms with Gasteiger partial charge < -0.3 is 15.1 Å². The molecule has 1 aromatic heterocycles. The van der Waals surface area contributed by atoms with E-state index in [1.54, 1.807) is 6.92 Å². The van der Waals surface area contributed by atoms with Crippen molar-refractivity contribution in [1.29, 1.82) is 5.26 Å². The van der Waals surface area contributed by atoms with E-state index in [4.69, 9.17) is 21.6 Å². The predicted molar refractivity (Wildman–Crippen MR) is 141 cm³/mol. The highest BCUT2D eigenvalue weighted by Gasteiger charge is 2.42. The minimum absolute atomic E-state index is 0.0227. The fraction of sp³-hybridized carbons (Fsp3) is 0.320. The largest absolute Gasteiger partial charge is 0.418 e. The van der Waals surface area contributed by atoms with Crippen LogP contribution in [0.4, 0.5) is 24.7 Å². The number of amides is 1. The Morgan fingerprint density at radius 2 is 1.85 bits per heavy atom. The van der Waals surface area contributed by atoms with Crippen LogP contribution in [0.2, 0.25) is 5.02 Å². The Hall–Kier alpha value is -3.36. The molecule has 1 fully saturated rings. The van der Waals surface area contributed by atoms with Crippen LogP contribution in [0.15, 0.2) is 48.5 Å². The minimum atomic E-state index is -4.71. The van der Waals surface area contributed by atoms with Crippen LogP contribution in [0.5, 0.6) is 0 Å². The third-order valence-electron chi connectivity index (χ3n) is 6.06. The van der Waals surface area contributed by atoms with E-state index in [1.807, 2.05) is 6.07 Å². The van der Waals surface area contributed by atoms with Crippen molar-refractivity contribution < 1.29 is 27.3 Å². The first-order valence-corrected chi connectivity index (χ1v) is 14.0. The Balaban J connectivity index is 1.87. The molecular formula is C25H25ClF3N6O3P. The molecule has 14 heteroatoms. The molecule has 0 unspecified atom stereocenters. The van der Waals surface area contributed by atoms with Crippen molar-refractivity contribution in [3.05, 3.63) is 70.4 Å². The molecule has 1 saturated heterocycles. The Labute approximate surface area is 228 Å². The van der Waals surface area contributed by atoms with Gasteiger partial charge >= 0.3 is 6.18 Å². The number of alkyl halides is 3. The Bertz CT molecular complexity index is 1430. The molecule has 3 aromatic rings. The number of ether oxygens (including phenoxy) is 1. The maximum absolute atomic E-state index is 15.0. The van der Waals surface area contributed by atoms with Crippen molar-refractivity contribution in [2.75, 3.05) is 36.7 Å². The SMILES string of the molecule is Cc1nn(CCC#N)c(NC(=O)c2ccc(Cl)cc2)c1[P@@](=O)(Nc1ccccc1C(F)(F)F)N1CCOCC1. The first-order valence-electron chi connectivity index (χ1n) is 11.9. The van der Waals surface area contributed by atoms with E-state index in [1.165, 1.54) is 51.8 Å². The third-order valence-corrected chi connectivity index (χ3v) is 9.20. The average Bonchev–Trinajstić information content (AvgIpc) is 3.22. The quantitative estimate of drug-likeness (QED) is 0.348. The predicted octanol–water partition coefficient (Wildman–Crippen LogP) is 5.29. The number of hydrogen-bond acceptors (Lipinski definition) is 5. The molecule has 1 aliphatic heterocycles. The van der Waals surface area contributed by atoms with Gasteiger partial charge in [0, 0.05) is 23.7 Å². The Kier molecular flexibility index (Phi) is 8.67. The molecule has 2 N–H and O–H groups in total. The Morgan fingerprint density at radius 3 is 2.49 bits per heavy atom. The summed E-state index contributed by atoms with van der Waals surface area (Å²) in [6.07, 6.45) is -4.69. The standard InChI is InChI=1S/C25H25ClF3N6O3P/c1-17-22(23(35(32-17)12-4-11-30)31-24(36)18-7-9-19(26)10-8-18)39(37,34-13-15-38-16-14-34)33-21-6-3-2-5-20(21)25(27,28)29/h2-3,5-10H,4,12-16H2,1H3,(H,31,36)(H,33,37)/t39-/m1/s1. The number of hydrogen-bond donors (Lipinski definition) is 2. The molecule has 1 atom stereocenters. The number of nitrogens with zero attached hydrogens (tertiary/aromatic N) is 4. The van der Waals surface area contributed by atoms with Crippen molar-refractivity contribution in [3.63, 3.8) is 0 Å². The summed E-state index contributed by atoms with van der Waals surface area (Å²) < 4.78 is 64.9. The molecular weight excluding hydrogens is 556 g/mol. The molecule has 1 amide bonds. The zero-order valence-electron chi connectivity index (χ0n) is 20.8. The van der Waals surface area contributed by atoms with Crippen molar-refractivity contribution >= 4 is 41.8 Å². The van der Waals surface area contributed by atoms with E-state index in [-0.39, 0.29) is 67.3 Å². The number of rotatable bonds is 8. The molecule has 4 rings (SSSR count). The first-order chi connectivity index (χ1) is 18.5. The van der Waals surface area contributed by atoms with Crippen LogP contribution in [-0.4, -0.2) is 46.7 Å². The first kappa shape index (κ1) is 28.6. The van der Waals surface area contributed by atoms with Gasteiger partial charge in [-0.15, -0.1) is 0 Å². The van der Waals surface area contributed by atoms with Gasteiger partial charge in [-0.05, 0) is 43.3 Å². The normalized spacial score (nSPS) is 15.8.